The van der Waals surface area contributed by atoms with E-state index in [4.69, 9.17) is 4.74 Å². The number of aryl methyl sites for hydroxylation is 4. The summed E-state index contributed by atoms with van der Waals surface area (Å²) in [6.07, 6.45) is 0. The van der Waals surface area contributed by atoms with Gasteiger partial charge in [0.25, 0.3) is 0 Å². The number of hydrogen-bond acceptors (Lipinski definition) is 5. The van der Waals surface area contributed by atoms with Gasteiger partial charge in [-0.25, -0.2) is 9.59 Å². The molecule has 3 rings (SSSR count). The van der Waals surface area contributed by atoms with Gasteiger partial charge in [0, 0.05) is 19.5 Å². The van der Waals surface area contributed by atoms with Crippen molar-refractivity contribution >= 4 is 45.8 Å². The number of esters is 2. The van der Waals surface area contributed by atoms with Crippen molar-refractivity contribution in [3.63, 3.8) is 0 Å². The van der Waals surface area contributed by atoms with Gasteiger partial charge < -0.3 is 4.74 Å². The van der Waals surface area contributed by atoms with E-state index in [1.165, 1.54) is 9.75 Å². The lowest BCUT2D eigenvalue weighted by Crippen LogP contribution is -2.00. The molecule has 5 heteroatoms. The SMILES string of the molecule is C/C(=C1\C(=O)OC(=O)\C1=C(/C)c1cc(C)sc1C)c1cc(C)sc1C. The highest BCUT2D eigenvalue weighted by Gasteiger charge is 2.37. The Morgan fingerprint density at radius 2 is 1.12 bits per heavy atom. The van der Waals surface area contributed by atoms with Crippen LogP contribution in [0.15, 0.2) is 23.3 Å². The summed E-state index contributed by atoms with van der Waals surface area (Å²) in [5, 5.41) is 0. The van der Waals surface area contributed by atoms with Gasteiger partial charge in [-0.15, -0.1) is 22.7 Å². The molecule has 0 amide bonds. The average molecular weight is 373 g/mol. The zero-order valence-corrected chi connectivity index (χ0v) is 16.8. The third-order valence-electron chi connectivity index (χ3n) is 4.48. The highest BCUT2D eigenvalue weighted by Crippen LogP contribution is 2.39. The van der Waals surface area contributed by atoms with Gasteiger partial charge in [-0.3, -0.25) is 0 Å². The summed E-state index contributed by atoms with van der Waals surface area (Å²) in [5.41, 5.74) is 4.41. The third kappa shape index (κ3) is 3.02. The van der Waals surface area contributed by atoms with Gasteiger partial charge in [-0.1, -0.05) is 0 Å². The molecule has 0 bridgehead atoms. The summed E-state index contributed by atoms with van der Waals surface area (Å²) in [6.45, 7) is 11.9. The van der Waals surface area contributed by atoms with E-state index in [9.17, 15) is 9.59 Å². The lowest BCUT2D eigenvalue weighted by molar-refractivity contribution is -0.149. The van der Waals surface area contributed by atoms with Crippen LogP contribution >= 0.6 is 22.7 Å². The first kappa shape index (κ1) is 17.8. The zero-order chi connectivity index (χ0) is 18.5. The molecular weight excluding hydrogens is 352 g/mol. The van der Waals surface area contributed by atoms with Crippen LogP contribution in [0.5, 0.6) is 0 Å². The Morgan fingerprint density at radius 3 is 1.40 bits per heavy atom. The Hall–Kier alpha value is -1.98. The fourth-order valence-corrected chi connectivity index (χ4v) is 5.31. The van der Waals surface area contributed by atoms with E-state index >= 15 is 0 Å². The van der Waals surface area contributed by atoms with Crippen LogP contribution in [-0.4, -0.2) is 11.9 Å². The Balaban J connectivity index is 2.27. The Kier molecular flexibility index (Phi) is 4.56. The van der Waals surface area contributed by atoms with Gasteiger partial charge in [0.15, 0.2) is 0 Å². The molecule has 0 N–H and O–H groups in total. The standard InChI is InChI=1S/C20H20O3S2/c1-9-7-15(13(5)24-9)11(3)17-18(20(22)23-19(17)21)12(4)16-8-10(2)25-14(16)6/h7-8H,1-6H3/b17-11+,18-12+. The van der Waals surface area contributed by atoms with Gasteiger partial charge >= 0.3 is 11.9 Å². The maximum Gasteiger partial charge on any atom is 0.347 e. The molecule has 0 aromatic carbocycles. The number of thiophene rings is 2. The maximum atomic E-state index is 12.4. The number of allylic oxidation sites excluding steroid dienone is 2. The van der Waals surface area contributed by atoms with Crippen LogP contribution in [0.4, 0.5) is 0 Å². The molecule has 0 atom stereocenters. The Morgan fingerprint density at radius 1 is 0.760 bits per heavy atom. The quantitative estimate of drug-likeness (QED) is 0.404. The molecule has 2 aromatic heterocycles. The van der Waals surface area contributed by atoms with Crippen molar-refractivity contribution in [2.24, 2.45) is 0 Å². The lowest BCUT2D eigenvalue weighted by atomic mass is 9.92. The van der Waals surface area contributed by atoms with E-state index < -0.39 is 11.9 Å². The minimum atomic E-state index is -0.551. The number of hydrogen-bond donors (Lipinski definition) is 0. The first-order valence-electron chi connectivity index (χ1n) is 8.04. The topological polar surface area (TPSA) is 43.4 Å². The zero-order valence-electron chi connectivity index (χ0n) is 15.2. The highest BCUT2D eigenvalue weighted by atomic mass is 32.1. The molecule has 0 unspecified atom stereocenters. The first-order valence-corrected chi connectivity index (χ1v) is 9.67. The van der Waals surface area contributed by atoms with Gasteiger partial charge in [-0.05, 0) is 75.9 Å². The number of carbonyl (C=O) groups excluding carboxylic acids is 2. The first-order chi connectivity index (χ1) is 11.7. The van der Waals surface area contributed by atoms with E-state index in [0.717, 1.165) is 32.0 Å². The van der Waals surface area contributed by atoms with Crippen LogP contribution in [0.25, 0.3) is 11.1 Å². The number of rotatable bonds is 2. The number of ether oxygens (including phenoxy) is 1. The molecule has 130 valence electrons. The number of carbonyl (C=O) groups is 2. The normalized spacial score (nSPS) is 18.6. The molecular formula is C20H20O3S2. The van der Waals surface area contributed by atoms with Crippen molar-refractivity contribution in [3.05, 3.63) is 53.9 Å². The summed E-state index contributed by atoms with van der Waals surface area (Å²) < 4.78 is 4.98. The van der Waals surface area contributed by atoms with Crippen molar-refractivity contribution < 1.29 is 14.3 Å². The van der Waals surface area contributed by atoms with Gasteiger partial charge in [-0.2, -0.15) is 0 Å². The van der Waals surface area contributed by atoms with Crippen LogP contribution in [0.1, 0.15) is 44.5 Å². The Labute approximate surface area is 155 Å². The molecule has 1 aliphatic heterocycles. The van der Waals surface area contributed by atoms with Crippen LogP contribution in [0, 0.1) is 27.7 Å². The molecule has 1 saturated heterocycles. The number of cyclic esters (lactones) is 2. The van der Waals surface area contributed by atoms with Gasteiger partial charge in [0.05, 0.1) is 11.1 Å². The van der Waals surface area contributed by atoms with Crippen LogP contribution in [0.2, 0.25) is 0 Å². The van der Waals surface area contributed by atoms with E-state index in [1.807, 2.05) is 41.5 Å². The molecule has 25 heavy (non-hydrogen) atoms. The second kappa shape index (κ2) is 6.39. The molecule has 1 fully saturated rings. The fourth-order valence-electron chi connectivity index (χ4n) is 3.35. The second-order valence-corrected chi connectivity index (χ2v) is 9.25. The van der Waals surface area contributed by atoms with Crippen LogP contribution in [-0.2, 0) is 14.3 Å². The van der Waals surface area contributed by atoms with E-state index in [2.05, 4.69) is 12.1 Å². The lowest BCUT2D eigenvalue weighted by Gasteiger charge is -2.08. The van der Waals surface area contributed by atoms with Crippen LogP contribution in [0.3, 0.4) is 0 Å². The summed E-state index contributed by atoms with van der Waals surface area (Å²) in [4.78, 5) is 29.5. The monoisotopic (exact) mass is 372 g/mol. The average Bonchev–Trinajstić information content (AvgIpc) is 3.13. The minimum Gasteiger partial charge on any atom is -0.386 e. The predicted octanol–water partition coefficient (Wildman–Crippen LogP) is 5.37. The van der Waals surface area contributed by atoms with Crippen molar-refractivity contribution in [2.75, 3.05) is 0 Å². The summed E-state index contributed by atoms with van der Waals surface area (Å²) in [7, 11) is 0. The molecule has 1 aliphatic rings. The molecule has 2 aromatic rings. The van der Waals surface area contributed by atoms with Crippen LogP contribution < -0.4 is 0 Å². The van der Waals surface area contributed by atoms with Gasteiger partial charge in [0.2, 0.25) is 0 Å². The van der Waals surface area contributed by atoms with Crippen molar-refractivity contribution in [3.8, 4) is 0 Å². The van der Waals surface area contributed by atoms with Crippen molar-refractivity contribution in [2.45, 2.75) is 41.5 Å². The smallest absolute Gasteiger partial charge is 0.347 e. The van der Waals surface area contributed by atoms with E-state index in [0.29, 0.717) is 11.1 Å². The maximum absolute atomic E-state index is 12.4. The summed E-state index contributed by atoms with van der Waals surface area (Å²) in [5.74, 6) is -1.10. The molecule has 0 radical (unpaired) electrons. The highest BCUT2D eigenvalue weighted by molar-refractivity contribution is 7.12. The predicted molar refractivity (Wildman–Crippen MR) is 104 cm³/mol. The van der Waals surface area contributed by atoms with Crippen molar-refractivity contribution in [1.82, 2.24) is 0 Å². The molecule has 3 heterocycles. The summed E-state index contributed by atoms with van der Waals surface area (Å²) in [6, 6.07) is 4.12. The third-order valence-corrected chi connectivity index (χ3v) is 6.42. The van der Waals surface area contributed by atoms with Crippen molar-refractivity contribution in [1.29, 1.82) is 0 Å². The largest absolute Gasteiger partial charge is 0.386 e. The molecule has 0 aliphatic carbocycles. The van der Waals surface area contributed by atoms with E-state index in [1.54, 1.807) is 22.7 Å². The molecule has 0 saturated carbocycles. The summed E-state index contributed by atoms with van der Waals surface area (Å²) >= 11 is 3.37. The molecule has 0 spiro atoms. The Bertz CT molecular complexity index is 889. The van der Waals surface area contributed by atoms with Gasteiger partial charge in [0.1, 0.15) is 0 Å². The molecule has 3 nitrogen and oxygen atoms in total. The minimum absolute atomic E-state index is 0.395. The second-order valence-electron chi connectivity index (χ2n) is 6.33. The van der Waals surface area contributed by atoms with E-state index in [-0.39, 0.29) is 0 Å². The fraction of sp³-hybridized carbons (Fsp3) is 0.300.